The molecule has 1 aliphatic heterocycles. The van der Waals surface area contributed by atoms with Gasteiger partial charge < -0.3 is 15.3 Å². The predicted molar refractivity (Wildman–Crippen MR) is 188 cm³/mol. The summed E-state index contributed by atoms with van der Waals surface area (Å²) in [5, 5.41) is 15.9. The average molecular weight is 697 g/mol. The number of nitrogens with one attached hydrogen (secondary N) is 1. The van der Waals surface area contributed by atoms with Crippen LogP contribution in [0.15, 0.2) is 121 Å². The normalized spacial score (nSPS) is 15.7. The van der Waals surface area contributed by atoms with Crippen molar-refractivity contribution in [3.63, 3.8) is 0 Å². The van der Waals surface area contributed by atoms with Crippen molar-refractivity contribution in [3.8, 4) is 22.3 Å². The van der Waals surface area contributed by atoms with E-state index < -0.39 is 41.7 Å². The van der Waals surface area contributed by atoms with E-state index in [2.05, 4.69) is 5.32 Å². The summed E-state index contributed by atoms with van der Waals surface area (Å²) in [7, 11) is 0. The monoisotopic (exact) mass is 696 g/mol. The van der Waals surface area contributed by atoms with Gasteiger partial charge in [0.2, 0.25) is 0 Å². The summed E-state index contributed by atoms with van der Waals surface area (Å²) in [6, 6.07) is 29.1. The van der Waals surface area contributed by atoms with E-state index in [0.29, 0.717) is 29.7 Å². The summed E-state index contributed by atoms with van der Waals surface area (Å²) in [5.74, 6) is -2.11. The summed E-state index contributed by atoms with van der Waals surface area (Å²) in [4.78, 5) is 44.0. The molecule has 256 valence electrons. The number of alkyl halides is 3. The molecule has 1 amide bonds. The highest BCUT2D eigenvalue weighted by Crippen LogP contribution is 2.32. The first-order chi connectivity index (χ1) is 24.1. The Bertz CT molecular complexity index is 1910. The van der Waals surface area contributed by atoms with Crippen molar-refractivity contribution >= 4 is 29.0 Å². The average Bonchev–Trinajstić information content (AvgIpc) is 3.85. The minimum atomic E-state index is -4.46. The Balaban J connectivity index is 1.36. The number of carboxylic acids is 1. The zero-order valence-corrected chi connectivity index (χ0v) is 27.8. The van der Waals surface area contributed by atoms with Crippen LogP contribution in [-0.4, -0.2) is 52.3 Å². The Labute approximate surface area is 292 Å². The van der Waals surface area contributed by atoms with Crippen LogP contribution in [0.4, 0.5) is 13.2 Å². The number of hydrogen-bond donors (Lipinski definition) is 2. The van der Waals surface area contributed by atoms with Crippen LogP contribution in [0.2, 0.25) is 0 Å². The maximum atomic E-state index is 14.6. The van der Waals surface area contributed by atoms with Gasteiger partial charge in [-0.15, -0.1) is 11.3 Å². The van der Waals surface area contributed by atoms with Crippen LogP contribution >= 0.6 is 11.3 Å². The molecule has 6 rings (SSSR count). The van der Waals surface area contributed by atoms with E-state index in [9.17, 15) is 32.7 Å². The van der Waals surface area contributed by atoms with E-state index in [0.717, 1.165) is 34.6 Å². The van der Waals surface area contributed by atoms with Crippen LogP contribution in [0, 0.1) is 0 Å². The number of carbonyl (C=O) groups is 3. The third kappa shape index (κ3) is 8.04. The van der Waals surface area contributed by atoms with Crippen LogP contribution < -0.4 is 5.32 Å². The van der Waals surface area contributed by atoms with Gasteiger partial charge in [-0.05, 0) is 82.9 Å². The van der Waals surface area contributed by atoms with Gasteiger partial charge in [0.05, 0.1) is 5.56 Å². The fourth-order valence-electron chi connectivity index (χ4n) is 6.50. The Morgan fingerprint density at radius 2 is 1.40 bits per heavy atom. The number of aliphatic carboxylic acids is 1. The van der Waals surface area contributed by atoms with Gasteiger partial charge in [0.1, 0.15) is 12.1 Å². The van der Waals surface area contributed by atoms with Crippen LogP contribution in [0.5, 0.6) is 0 Å². The minimum Gasteiger partial charge on any atom is -0.480 e. The van der Waals surface area contributed by atoms with Crippen molar-refractivity contribution in [1.82, 2.24) is 10.2 Å². The maximum Gasteiger partial charge on any atom is 0.416 e. The van der Waals surface area contributed by atoms with E-state index in [4.69, 9.17) is 0 Å². The number of thiophene rings is 1. The molecule has 50 heavy (non-hydrogen) atoms. The van der Waals surface area contributed by atoms with Gasteiger partial charge >= 0.3 is 12.1 Å². The fraction of sp³-hybridized carbons (Fsp3) is 0.225. The van der Waals surface area contributed by atoms with E-state index in [1.54, 1.807) is 12.1 Å². The molecule has 3 atom stereocenters. The quantitative estimate of drug-likeness (QED) is 0.138. The molecule has 2 N–H and O–H groups in total. The van der Waals surface area contributed by atoms with Crippen LogP contribution in [-0.2, 0) is 28.6 Å². The second-order valence-electron chi connectivity index (χ2n) is 12.4. The van der Waals surface area contributed by atoms with E-state index in [-0.39, 0.29) is 24.2 Å². The Hall–Kier alpha value is -5.06. The molecular weight excluding hydrogens is 662 g/mol. The smallest absolute Gasteiger partial charge is 0.416 e. The van der Waals surface area contributed by atoms with Crippen LogP contribution in [0.3, 0.4) is 0 Å². The highest BCUT2D eigenvalue weighted by Gasteiger charge is 2.44. The highest BCUT2D eigenvalue weighted by molar-refractivity contribution is 7.10. The third-order valence-corrected chi connectivity index (χ3v) is 9.94. The van der Waals surface area contributed by atoms with Crippen molar-refractivity contribution in [2.24, 2.45) is 0 Å². The molecule has 0 saturated carbocycles. The fourth-order valence-corrected chi connectivity index (χ4v) is 7.22. The molecule has 4 aromatic carbocycles. The summed E-state index contributed by atoms with van der Waals surface area (Å²) < 4.78 is 39.3. The molecule has 1 fully saturated rings. The summed E-state index contributed by atoms with van der Waals surface area (Å²) in [5.41, 5.74) is 3.16. The lowest BCUT2D eigenvalue weighted by Gasteiger charge is -2.38. The molecule has 10 heteroatoms. The predicted octanol–water partition coefficient (Wildman–Crippen LogP) is 8.17. The second kappa shape index (κ2) is 15.2. The van der Waals surface area contributed by atoms with Gasteiger partial charge in [0.15, 0.2) is 5.78 Å². The molecule has 0 bridgehead atoms. The Kier molecular flexibility index (Phi) is 10.6. The second-order valence-corrected chi connectivity index (χ2v) is 13.4. The molecule has 6 nitrogen and oxygen atoms in total. The van der Waals surface area contributed by atoms with Crippen molar-refractivity contribution in [1.29, 1.82) is 0 Å². The molecule has 5 aromatic rings. The molecule has 1 aliphatic rings. The van der Waals surface area contributed by atoms with Crippen molar-refractivity contribution < 1.29 is 32.7 Å². The topological polar surface area (TPSA) is 86.7 Å². The molecule has 1 saturated heterocycles. The number of halogens is 3. The molecule has 3 unspecified atom stereocenters. The number of nitrogens with zero attached hydrogens (tertiary/aromatic N) is 1. The molecular formula is C40H35F3N2O4S. The number of Topliss-reactive ketones (excluding diaryl/α,β-unsaturated/α-hetero) is 1. The standard InChI is InChI=1S/C40H35F3N2O4S/c41-40(42,43)32-20-18-30(19-21-32)29-14-16-31(17-15-29)38(47)45(37(34-9-4-22-44-34)36(46)25-33-8-5-23-50-33)35(39(48)49)24-26-10-12-28(13-11-26)27-6-2-1-3-7-27/h1-3,5-8,10-21,23,34-35,37,44H,4,9,22,24-25H2,(H,48,49). The number of benzene rings is 4. The first kappa shape index (κ1) is 34.8. The molecule has 1 aromatic heterocycles. The van der Waals surface area contributed by atoms with Crippen LogP contribution in [0.1, 0.15) is 39.2 Å². The molecule has 2 heterocycles. The largest absolute Gasteiger partial charge is 0.480 e. The van der Waals surface area contributed by atoms with Gasteiger partial charge in [-0.3, -0.25) is 9.59 Å². The zero-order chi connectivity index (χ0) is 35.3. The number of carboxylic acid groups (broad SMARTS) is 1. The number of ketones is 1. The van der Waals surface area contributed by atoms with Crippen molar-refractivity contribution in [2.75, 3.05) is 6.54 Å². The molecule has 0 aliphatic carbocycles. The summed E-state index contributed by atoms with van der Waals surface area (Å²) in [6.45, 7) is 0.635. The Morgan fingerprint density at radius 1 is 0.800 bits per heavy atom. The van der Waals surface area contributed by atoms with E-state index in [1.807, 2.05) is 72.1 Å². The summed E-state index contributed by atoms with van der Waals surface area (Å²) >= 11 is 1.42. The SMILES string of the molecule is O=C(O)C(Cc1ccc(-c2ccccc2)cc1)N(C(=O)c1ccc(-c2ccc(C(F)(F)F)cc2)cc1)C(C(=O)Cc1cccs1)C1CCCN1. The number of rotatable bonds is 12. The lowest BCUT2D eigenvalue weighted by molar-refractivity contribution is -0.144. The summed E-state index contributed by atoms with van der Waals surface area (Å²) in [6.07, 6.45) is -3.08. The molecule has 0 spiro atoms. The lowest BCUT2D eigenvalue weighted by Crippen LogP contribution is -2.60. The first-order valence-corrected chi connectivity index (χ1v) is 17.2. The van der Waals surface area contributed by atoms with Crippen molar-refractivity contribution in [2.45, 2.75) is 50.0 Å². The maximum absolute atomic E-state index is 14.6. The van der Waals surface area contributed by atoms with Gasteiger partial charge in [-0.2, -0.15) is 13.2 Å². The Morgan fingerprint density at radius 3 is 1.94 bits per heavy atom. The number of amides is 1. The lowest BCUT2D eigenvalue weighted by atomic mass is 9.92. The van der Waals surface area contributed by atoms with Gasteiger partial charge in [-0.25, -0.2) is 4.79 Å². The number of hydrogen-bond acceptors (Lipinski definition) is 5. The van der Waals surface area contributed by atoms with Gasteiger partial charge in [-0.1, -0.05) is 84.9 Å². The third-order valence-electron chi connectivity index (χ3n) is 9.06. The molecule has 0 radical (unpaired) electrons. The van der Waals surface area contributed by atoms with E-state index in [1.165, 1.54) is 40.5 Å². The first-order valence-electron chi connectivity index (χ1n) is 16.3. The van der Waals surface area contributed by atoms with Crippen LogP contribution in [0.25, 0.3) is 22.3 Å². The van der Waals surface area contributed by atoms with Gasteiger partial charge in [0, 0.05) is 29.3 Å². The van der Waals surface area contributed by atoms with E-state index >= 15 is 0 Å². The van der Waals surface area contributed by atoms with Gasteiger partial charge in [0.25, 0.3) is 5.91 Å². The van der Waals surface area contributed by atoms with Crippen molar-refractivity contribution in [3.05, 3.63) is 142 Å². The highest BCUT2D eigenvalue weighted by atomic mass is 32.1. The number of carbonyl (C=O) groups excluding carboxylic acids is 2. The zero-order valence-electron chi connectivity index (χ0n) is 27.0. The minimum absolute atomic E-state index is 0.0325.